The first-order valence-corrected chi connectivity index (χ1v) is 6.57. The lowest BCUT2D eigenvalue weighted by molar-refractivity contribution is 0.0696. The van der Waals surface area contributed by atoms with Gasteiger partial charge in [0, 0.05) is 6.07 Å². The van der Waals surface area contributed by atoms with E-state index in [1.165, 1.54) is 12.3 Å². The number of carbonyl (C=O) groups is 1. The highest BCUT2D eigenvalue weighted by Gasteiger charge is 2.11. The molecule has 3 aromatic rings. The number of fused-ring (bicyclic) bond motifs is 1. The van der Waals surface area contributed by atoms with Crippen LogP contribution >= 0.6 is 11.6 Å². The normalized spacial score (nSPS) is 10.5. The standard InChI is InChI=1S/C16H10ClNO3/c17-14-9-18-15(8-13(14)16(19)20)21-12-6-5-10-3-1-2-4-11(10)7-12/h1-9H,(H,19,20). The highest BCUT2D eigenvalue weighted by Crippen LogP contribution is 2.26. The molecule has 1 N–H and O–H groups in total. The zero-order valence-electron chi connectivity index (χ0n) is 10.8. The van der Waals surface area contributed by atoms with Crippen LogP contribution in [0.3, 0.4) is 0 Å². The minimum Gasteiger partial charge on any atom is -0.478 e. The molecular formula is C16H10ClNO3. The molecule has 0 aliphatic rings. The first-order chi connectivity index (χ1) is 10.1. The van der Waals surface area contributed by atoms with Crippen molar-refractivity contribution in [2.75, 3.05) is 0 Å². The minimum absolute atomic E-state index is 0.0394. The predicted octanol–water partition coefficient (Wildman–Crippen LogP) is 4.38. The number of pyridine rings is 1. The number of hydrogen-bond donors (Lipinski definition) is 1. The summed E-state index contributed by atoms with van der Waals surface area (Å²) in [4.78, 5) is 15.0. The molecule has 0 unspecified atom stereocenters. The molecular weight excluding hydrogens is 290 g/mol. The van der Waals surface area contributed by atoms with Crippen molar-refractivity contribution in [3.63, 3.8) is 0 Å². The van der Waals surface area contributed by atoms with Crippen molar-refractivity contribution < 1.29 is 14.6 Å². The maximum atomic E-state index is 11.0. The van der Waals surface area contributed by atoms with Crippen LogP contribution in [-0.2, 0) is 0 Å². The second-order valence-corrected chi connectivity index (χ2v) is 4.83. The molecule has 0 saturated heterocycles. The minimum atomic E-state index is -1.12. The maximum absolute atomic E-state index is 11.0. The lowest BCUT2D eigenvalue weighted by Crippen LogP contribution is -1.99. The summed E-state index contributed by atoms with van der Waals surface area (Å²) in [7, 11) is 0. The largest absolute Gasteiger partial charge is 0.478 e. The number of nitrogens with zero attached hydrogens (tertiary/aromatic N) is 1. The van der Waals surface area contributed by atoms with E-state index in [9.17, 15) is 4.79 Å². The smallest absolute Gasteiger partial charge is 0.337 e. The predicted molar refractivity (Wildman–Crippen MR) is 80.2 cm³/mol. The molecule has 4 nitrogen and oxygen atoms in total. The number of ether oxygens (including phenoxy) is 1. The van der Waals surface area contributed by atoms with Crippen LogP contribution in [0.2, 0.25) is 5.02 Å². The molecule has 2 aromatic carbocycles. The van der Waals surface area contributed by atoms with Gasteiger partial charge >= 0.3 is 5.97 Å². The van der Waals surface area contributed by atoms with Crippen LogP contribution in [0.25, 0.3) is 10.8 Å². The molecule has 1 heterocycles. The fourth-order valence-electron chi connectivity index (χ4n) is 1.99. The van der Waals surface area contributed by atoms with Gasteiger partial charge in [0.15, 0.2) is 0 Å². The molecule has 1 aromatic heterocycles. The highest BCUT2D eigenvalue weighted by molar-refractivity contribution is 6.33. The van der Waals surface area contributed by atoms with Crippen molar-refractivity contribution in [3.8, 4) is 11.6 Å². The van der Waals surface area contributed by atoms with Gasteiger partial charge in [-0.15, -0.1) is 0 Å². The van der Waals surface area contributed by atoms with E-state index in [1.54, 1.807) is 6.07 Å². The molecule has 3 rings (SSSR count). The Morgan fingerprint density at radius 2 is 1.86 bits per heavy atom. The summed E-state index contributed by atoms with van der Waals surface area (Å²) < 4.78 is 5.60. The van der Waals surface area contributed by atoms with E-state index < -0.39 is 5.97 Å². The number of carboxylic acids is 1. The summed E-state index contributed by atoms with van der Waals surface area (Å²) >= 11 is 5.77. The van der Waals surface area contributed by atoms with Gasteiger partial charge in [-0.3, -0.25) is 0 Å². The molecule has 0 radical (unpaired) electrons. The Balaban J connectivity index is 1.94. The van der Waals surface area contributed by atoms with Gasteiger partial charge < -0.3 is 9.84 Å². The van der Waals surface area contributed by atoms with Gasteiger partial charge in [-0.05, 0) is 22.9 Å². The van der Waals surface area contributed by atoms with Crippen LogP contribution in [-0.4, -0.2) is 16.1 Å². The Bertz CT molecular complexity index is 833. The van der Waals surface area contributed by atoms with Crippen molar-refractivity contribution in [1.82, 2.24) is 4.98 Å². The average molecular weight is 300 g/mol. The summed E-state index contributed by atoms with van der Waals surface area (Å²) in [5, 5.41) is 11.2. The second-order valence-electron chi connectivity index (χ2n) is 4.42. The van der Waals surface area contributed by atoms with Gasteiger partial charge in [0.2, 0.25) is 5.88 Å². The van der Waals surface area contributed by atoms with E-state index in [0.717, 1.165) is 10.8 Å². The summed E-state index contributed by atoms with van der Waals surface area (Å²) in [5.41, 5.74) is -0.0394. The Morgan fingerprint density at radius 3 is 2.62 bits per heavy atom. The molecule has 104 valence electrons. The molecule has 0 spiro atoms. The van der Waals surface area contributed by atoms with Gasteiger partial charge in [-0.25, -0.2) is 9.78 Å². The van der Waals surface area contributed by atoms with Gasteiger partial charge in [0.1, 0.15) is 5.75 Å². The number of halogens is 1. The van der Waals surface area contributed by atoms with Crippen molar-refractivity contribution in [2.45, 2.75) is 0 Å². The Hall–Kier alpha value is -2.59. The molecule has 0 bridgehead atoms. The van der Waals surface area contributed by atoms with Crippen LogP contribution in [0.15, 0.2) is 54.7 Å². The number of hydrogen-bond acceptors (Lipinski definition) is 3. The zero-order chi connectivity index (χ0) is 14.8. The van der Waals surface area contributed by atoms with Crippen LogP contribution in [0.4, 0.5) is 0 Å². The quantitative estimate of drug-likeness (QED) is 0.779. The Kier molecular flexibility index (Phi) is 3.46. The van der Waals surface area contributed by atoms with Crippen molar-refractivity contribution >= 4 is 28.3 Å². The Morgan fingerprint density at radius 1 is 1.10 bits per heavy atom. The molecule has 5 heteroatoms. The molecule has 0 fully saturated rings. The second kappa shape index (κ2) is 5.42. The summed E-state index contributed by atoms with van der Waals surface area (Å²) in [6.07, 6.45) is 1.27. The van der Waals surface area contributed by atoms with Gasteiger partial charge in [0.05, 0.1) is 16.8 Å². The fraction of sp³-hybridized carbons (Fsp3) is 0. The third kappa shape index (κ3) is 2.80. The molecule has 21 heavy (non-hydrogen) atoms. The first-order valence-electron chi connectivity index (χ1n) is 6.19. The topological polar surface area (TPSA) is 59.4 Å². The fourth-order valence-corrected chi connectivity index (χ4v) is 2.18. The molecule has 0 saturated carbocycles. The van der Waals surface area contributed by atoms with E-state index in [2.05, 4.69) is 4.98 Å². The van der Waals surface area contributed by atoms with E-state index in [4.69, 9.17) is 21.4 Å². The summed E-state index contributed by atoms with van der Waals surface area (Å²) in [6, 6.07) is 14.8. The van der Waals surface area contributed by atoms with Crippen molar-refractivity contribution in [1.29, 1.82) is 0 Å². The van der Waals surface area contributed by atoms with E-state index in [-0.39, 0.29) is 16.5 Å². The van der Waals surface area contributed by atoms with Crippen LogP contribution < -0.4 is 4.74 Å². The van der Waals surface area contributed by atoms with E-state index in [1.807, 2.05) is 36.4 Å². The monoisotopic (exact) mass is 299 g/mol. The number of benzene rings is 2. The van der Waals surface area contributed by atoms with Gasteiger partial charge in [-0.2, -0.15) is 0 Å². The number of aromatic carboxylic acids is 1. The number of rotatable bonds is 3. The van der Waals surface area contributed by atoms with Crippen LogP contribution in [0.1, 0.15) is 10.4 Å². The third-order valence-electron chi connectivity index (χ3n) is 3.00. The molecule has 0 aliphatic carbocycles. The SMILES string of the molecule is O=C(O)c1cc(Oc2ccc3ccccc3c2)ncc1Cl. The molecule has 0 amide bonds. The van der Waals surface area contributed by atoms with Crippen molar-refractivity contribution in [3.05, 3.63) is 65.3 Å². The summed E-state index contributed by atoms with van der Waals surface area (Å²) in [6.45, 7) is 0. The lowest BCUT2D eigenvalue weighted by atomic mass is 10.1. The highest BCUT2D eigenvalue weighted by atomic mass is 35.5. The van der Waals surface area contributed by atoms with Crippen LogP contribution in [0.5, 0.6) is 11.6 Å². The van der Waals surface area contributed by atoms with Crippen molar-refractivity contribution in [2.24, 2.45) is 0 Å². The molecule has 0 aliphatic heterocycles. The first kappa shape index (κ1) is 13.4. The van der Waals surface area contributed by atoms with Crippen LogP contribution in [0, 0.1) is 0 Å². The Labute approximate surface area is 125 Å². The molecule has 0 atom stereocenters. The summed E-state index contributed by atoms with van der Waals surface area (Å²) in [5.74, 6) is -0.349. The maximum Gasteiger partial charge on any atom is 0.337 e. The number of carboxylic acid groups (broad SMARTS) is 1. The number of aromatic nitrogens is 1. The third-order valence-corrected chi connectivity index (χ3v) is 3.31. The van der Waals surface area contributed by atoms with E-state index >= 15 is 0 Å². The van der Waals surface area contributed by atoms with Gasteiger partial charge in [-0.1, -0.05) is 41.9 Å². The average Bonchev–Trinajstić information content (AvgIpc) is 2.49. The van der Waals surface area contributed by atoms with Gasteiger partial charge in [0.25, 0.3) is 0 Å². The lowest BCUT2D eigenvalue weighted by Gasteiger charge is -2.07. The zero-order valence-corrected chi connectivity index (χ0v) is 11.5. The van der Waals surface area contributed by atoms with E-state index in [0.29, 0.717) is 5.75 Å².